The number of benzene rings is 1. The maximum atomic E-state index is 9.36. The minimum Gasteiger partial charge on any atom is -0.392 e. The number of nitrogens with zero attached hydrogens (tertiary/aromatic N) is 1. The molecule has 88 valence electrons. The molecule has 0 aromatic heterocycles. The SMILES string of the molecule is CC1CCN(c2ccccc2CO)C(C)C1. The van der Waals surface area contributed by atoms with Gasteiger partial charge in [0, 0.05) is 23.8 Å². The van der Waals surface area contributed by atoms with E-state index in [0.717, 1.165) is 18.0 Å². The molecular weight excluding hydrogens is 198 g/mol. The molecule has 2 atom stereocenters. The number of aliphatic hydroxyl groups is 1. The van der Waals surface area contributed by atoms with Crippen LogP contribution in [0.25, 0.3) is 0 Å². The van der Waals surface area contributed by atoms with Gasteiger partial charge in [-0.1, -0.05) is 25.1 Å². The number of aliphatic hydroxyl groups excluding tert-OH is 1. The molecule has 16 heavy (non-hydrogen) atoms. The van der Waals surface area contributed by atoms with Gasteiger partial charge in [0.05, 0.1) is 6.61 Å². The van der Waals surface area contributed by atoms with Gasteiger partial charge in [-0.25, -0.2) is 0 Å². The lowest BCUT2D eigenvalue weighted by Crippen LogP contribution is -2.40. The fraction of sp³-hybridized carbons (Fsp3) is 0.571. The van der Waals surface area contributed by atoms with Gasteiger partial charge in [-0.15, -0.1) is 0 Å². The molecule has 1 heterocycles. The van der Waals surface area contributed by atoms with Gasteiger partial charge in [0.15, 0.2) is 0 Å². The number of para-hydroxylation sites is 1. The third-order valence-corrected chi connectivity index (χ3v) is 3.61. The molecule has 1 aromatic rings. The van der Waals surface area contributed by atoms with Crippen molar-refractivity contribution in [3.8, 4) is 0 Å². The Morgan fingerprint density at radius 3 is 2.75 bits per heavy atom. The Morgan fingerprint density at radius 1 is 1.31 bits per heavy atom. The largest absolute Gasteiger partial charge is 0.392 e. The maximum Gasteiger partial charge on any atom is 0.0702 e. The molecule has 2 heteroatoms. The van der Waals surface area contributed by atoms with Gasteiger partial charge >= 0.3 is 0 Å². The lowest BCUT2D eigenvalue weighted by Gasteiger charge is -2.39. The van der Waals surface area contributed by atoms with E-state index in [-0.39, 0.29) is 6.61 Å². The summed E-state index contributed by atoms with van der Waals surface area (Å²) in [4.78, 5) is 2.44. The van der Waals surface area contributed by atoms with E-state index in [1.165, 1.54) is 18.5 Å². The molecule has 1 aliphatic rings. The second kappa shape index (κ2) is 4.88. The standard InChI is InChI=1S/C14H21NO/c1-11-7-8-15(12(2)9-11)14-6-4-3-5-13(14)10-16/h3-6,11-12,16H,7-10H2,1-2H3. The van der Waals surface area contributed by atoms with Crippen molar-refractivity contribution in [3.63, 3.8) is 0 Å². The summed E-state index contributed by atoms with van der Waals surface area (Å²) >= 11 is 0. The highest BCUT2D eigenvalue weighted by atomic mass is 16.3. The summed E-state index contributed by atoms with van der Waals surface area (Å²) < 4.78 is 0. The number of hydrogen-bond donors (Lipinski definition) is 1. The van der Waals surface area contributed by atoms with Crippen molar-refractivity contribution in [2.75, 3.05) is 11.4 Å². The van der Waals surface area contributed by atoms with E-state index in [1.54, 1.807) is 0 Å². The van der Waals surface area contributed by atoms with Crippen molar-refractivity contribution in [1.29, 1.82) is 0 Å². The lowest BCUT2D eigenvalue weighted by molar-refractivity contribution is 0.281. The zero-order chi connectivity index (χ0) is 11.5. The molecule has 0 bridgehead atoms. The molecular formula is C14H21NO. The molecule has 1 saturated heterocycles. The highest BCUT2D eigenvalue weighted by molar-refractivity contribution is 5.54. The van der Waals surface area contributed by atoms with Crippen LogP contribution in [0.5, 0.6) is 0 Å². The van der Waals surface area contributed by atoms with Gasteiger partial charge in [-0.3, -0.25) is 0 Å². The van der Waals surface area contributed by atoms with E-state index < -0.39 is 0 Å². The highest BCUT2D eigenvalue weighted by Crippen LogP contribution is 2.30. The summed E-state index contributed by atoms with van der Waals surface area (Å²) in [6, 6.07) is 8.76. The first-order chi connectivity index (χ1) is 7.72. The topological polar surface area (TPSA) is 23.5 Å². The van der Waals surface area contributed by atoms with E-state index in [9.17, 15) is 5.11 Å². The van der Waals surface area contributed by atoms with Gasteiger partial charge in [-0.2, -0.15) is 0 Å². The van der Waals surface area contributed by atoms with Gasteiger partial charge in [0.25, 0.3) is 0 Å². The van der Waals surface area contributed by atoms with Crippen LogP contribution in [0.4, 0.5) is 5.69 Å². The predicted molar refractivity (Wildman–Crippen MR) is 67.6 cm³/mol. The van der Waals surface area contributed by atoms with Crippen LogP contribution in [0.1, 0.15) is 32.3 Å². The zero-order valence-corrected chi connectivity index (χ0v) is 10.2. The summed E-state index contributed by atoms with van der Waals surface area (Å²) in [7, 11) is 0. The molecule has 1 aliphatic heterocycles. The molecule has 1 fully saturated rings. The summed E-state index contributed by atoms with van der Waals surface area (Å²) in [5.74, 6) is 0.826. The number of piperidine rings is 1. The first kappa shape index (κ1) is 11.5. The Labute approximate surface area is 97.9 Å². The average molecular weight is 219 g/mol. The fourth-order valence-corrected chi connectivity index (χ4v) is 2.69. The fourth-order valence-electron chi connectivity index (χ4n) is 2.69. The predicted octanol–water partition coefficient (Wildman–Crippen LogP) is 2.80. The van der Waals surface area contributed by atoms with Crippen LogP contribution in [0.3, 0.4) is 0 Å². The van der Waals surface area contributed by atoms with E-state index in [2.05, 4.69) is 30.9 Å². The van der Waals surface area contributed by atoms with Crippen LogP contribution < -0.4 is 4.90 Å². The molecule has 1 N–H and O–H groups in total. The van der Waals surface area contributed by atoms with E-state index in [4.69, 9.17) is 0 Å². The summed E-state index contributed by atoms with van der Waals surface area (Å²) in [5, 5.41) is 9.36. The molecule has 0 spiro atoms. The Morgan fingerprint density at radius 2 is 2.06 bits per heavy atom. The summed E-state index contributed by atoms with van der Waals surface area (Å²) in [6.45, 7) is 5.85. The zero-order valence-electron chi connectivity index (χ0n) is 10.2. The second-order valence-corrected chi connectivity index (χ2v) is 4.96. The first-order valence-electron chi connectivity index (χ1n) is 6.17. The molecule has 0 aliphatic carbocycles. The van der Waals surface area contributed by atoms with Crippen molar-refractivity contribution in [1.82, 2.24) is 0 Å². The molecule has 0 amide bonds. The molecule has 2 unspecified atom stereocenters. The Bertz CT molecular complexity index is 350. The molecule has 2 rings (SSSR count). The highest BCUT2D eigenvalue weighted by Gasteiger charge is 2.24. The number of anilines is 1. The Balaban J connectivity index is 2.23. The summed E-state index contributed by atoms with van der Waals surface area (Å²) in [5.41, 5.74) is 2.26. The van der Waals surface area contributed by atoms with Crippen molar-refractivity contribution in [3.05, 3.63) is 29.8 Å². The van der Waals surface area contributed by atoms with Crippen LogP contribution in [0, 0.1) is 5.92 Å². The van der Waals surface area contributed by atoms with Crippen molar-refractivity contribution in [2.45, 2.75) is 39.3 Å². The normalized spacial score (nSPS) is 25.8. The van der Waals surface area contributed by atoms with Crippen LogP contribution in [-0.4, -0.2) is 17.7 Å². The van der Waals surface area contributed by atoms with Crippen LogP contribution in [0.2, 0.25) is 0 Å². The smallest absolute Gasteiger partial charge is 0.0702 e. The minimum atomic E-state index is 0.134. The molecule has 1 aromatic carbocycles. The van der Waals surface area contributed by atoms with Crippen molar-refractivity contribution < 1.29 is 5.11 Å². The van der Waals surface area contributed by atoms with Crippen LogP contribution >= 0.6 is 0 Å². The second-order valence-electron chi connectivity index (χ2n) is 4.96. The third-order valence-electron chi connectivity index (χ3n) is 3.61. The Kier molecular flexibility index (Phi) is 3.49. The molecule has 2 nitrogen and oxygen atoms in total. The van der Waals surface area contributed by atoms with E-state index >= 15 is 0 Å². The monoisotopic (exact) mass is 219 g/mol. The maximum absolute atomic E-state index is 9.36. The van der Waals surface area contributed by atoms with Crippen molar-refractivity contribution >= 4 is 5.69 Å². The quantitative estimate of drug-likeness (QED) is 0.826. The van der Waals surface area contributed by atoms with E-state index in [0.29, 0.717) is 6.04 Å². The van der Waals surface area contributed by atoms with Crippen LogP contribution in [-0.2, 0) is 6.61 Å². The number of rotatable bonds is 2. The van der Waals surface area contributed by atoms with Gasteiger partial charge in [-0.05, 0) is 31.7 Å². The van der Waals surface area contributed by atoms with Gasteiger partial charge < -0.3 is 10.0 Å². The van der Waals surface area contributed by atoms with Gasteiger partial charge in [0.2, 0.25) is 0 Å². The van der Waals surface area contributed by atoms with Crippen LogP contribution in [0.15, 0.2) is 24.3 Å². The molecule has 0 saturated carbocycles. The minimum absolute atomic E-state index is 0.134. The van der Waals surface area contributed by atoms with Gasteiger partial charge in [0.1, 0.15) is 0 Å². The molecule has 0 radical (unpaired) electrons. The summed E-state index contributed by atoms with van der Waals surface area (Å²) in [6.07, 6.45) is 2.50. The lowest BCUT2D eigenvalue weighted by atomic mass is 9.92. The number of hydrogen-bond acceptors (Lipinski definition) is 2. The van der Waals surface area contributed by atoms with Crippen molar-refractivity contribution in [2.24, 2.45) is 5.92 Å². The third kappa shape index (κ3) is 2.22. The Hall–Kier alpha value is -1.02. The average Bonchev–Trinajstić information content (AvgIpc) is 2.29. The van der Waals surface area contributed by atoms with E-state index in [1.807, 2.05) is 12.1 Å². The first-order valence-corrected chi connectivity index (χ1v) is 6.17.